The fraction of sp³-hybridized carbons (Fsp3) is 0.308. The Labute approximate surface area is 118 Å². The van der Waals surface area contributed by atoms with Crippen LogP contribution in [0.3, 0.4) is 0 Å². The molecule has 2 rings (SSSR count). The van der Waals surface area contributed by atoms with Crippen LogP contribution in [0.2, 0.25) is 0 Å². The van der Waals surface area contributed by atoms with E-state index in [0.717, 1.165) is 6.07 Å². The summed E-state index contributed by atoms with van der Waals surface area (Å²) in [5, 5.41) is 2.37. The first-order chi connectivity index (χ1) is 9.50. The van der Waals surface area contributed by atoms with Gasteiger partial charge in [0, 0.05) is 11.6 Å². The smallest absolute Gasteiger partial charge is 0.419 e. The Morgan fingerprint density at radius 3 is 2.70 bits per heavy atom. The third kappa shape index (κ3) is 3.71. The molecule has 0 aliphatic rings. The number of halogens is 3. The normalized spacial score (nSPS) is 11.6. The fourth-order valence-electron chi connectivity index (χ4n) is 1.71. The molecule has 1 aromatic heterocycles. The van der Waals surface area contributed by atoms with Crippen molar-refractivity contribution >= 4 is 11.3 Å². The topological polar surface area (TPSA) is 48.1 Å². The molecule has 7 heteroatoms. The maximum atomic E-state index is 13.0. The Balaban J connectivity index is 2.22. The zero-order valence-corrected chi connectivity index (χ0v) is 11.3. The molecule has 0 saturated carbocycles. The van der Waals surface area contributed by atoms with Crippen molar-refractivity contribution in [2.45, 2.75) is 19.2 Å². The van der Waals surface area contributed by atoms with Crippen molar-refractivity contribution in [3.63, 3.8) is 0 Å². The van der Waals surface area contributed by atoms with Crippen molar-refractivity contribution in [1.82, 2.24) is 4.98 Å². The Kier molecular flexibility index (Phi) is 4.61. The number of ether oxygens (including phenoxy) is 1. The summed E-state index contributed by atoms with van der Waals surface area (Å²) >= 11 is 1.33. The minimum Gasteiger partial charge on any atom is -0.486 e. The zero-order valence-electron chi connectivity index (χ0n) is 10.5. The standard InChI is InChI=1S/C13H13F3N2OS/c14-13(15,16)10-7-9(3-4-17)1-2-11(10)19-8-12-18-5-6-20-12/h1-2,5-7H,3-4,8,17H2. The van der Waals surface area contributed by atoms with Gasteiger partial charge in [0.05, 0.1) is 5.56 Å². The predicted molar refractivity (Wildman–Crippen MR) is 70.6 cm³/mol. The molecular formula is C13H13F3N2OS. The number of hydrogen-bond donors (Lipinski definition) is 1. The Morgan fingerprint density at radius 1 is 1.30 bits per heavy atom. The number of nitrogens with zero attached hydrogens (tertiary/aromatic N) is 1. The molecule has 1 heterocycles. The lowest BCUT2D eigenvalue weighted by Crippen LogP contribution is -2.11. The summed E-state index contributed by atoms with van der Waals surface area (Å²) in [6, 6.07) is 4.02. The number of thiazole rings is 1. The van der Waals surface area contributed by atoms with E-state index in [1.54, 1.807) is 17.6 Å². The molecule has 0 radical (unpaired) electrons. The molecule has 2 N–H and O–H groups in total. The summed E-state index contributed by atoms with van der Waals surface area (Å²) in [7, 11) is 0. The van der Waals surface area contributed by atoms with Gasteiger partial charge >= 0.3 is 6.18 Å². The monoisotopic (exact) mass is 302 g/mol. The first-order valence-electron chi connectivity index (χ1n) is 5.92. The van der Waals surface area contributed by atoms with Crippen molar-refractivity contribution in [3.05, 3.63) is 45.9 Å². The Morgan fingerprint density at radius 2 is 2.10 bits per heavy atom. The number of nitrogens with two attached hydrogens (primary N) is 1. The van der Waals surface area contributed by atoms with Gasteiger partial charge in [0.25, 0.3) is 0 Å². The van der Waals surface area contributed by atoms with Crippen LogP contribution in [-0.2, 0) is 19.2 Å². The van der Waals surface area contributed by atoms with Crippen molar-refractivity contribution in [2.75, 3.05) is 6.54 Å². The first kappa shape index (κ1) is 14.8. The van der Waals surface area contributed by atoms with E-state index >= 15 is 0 Å². The van der Waals surface area contributed by atoms with Crippen LogP contribution in [0.25, 0.3) is 0 Å². The van der Waals surface area contributed by atoms with Gasteiger partial charge < -0.3 is 10.5 Å². The van der Waals surface area contributed by atoms with Gasteiger partial charge in [0.2, 0.25) is 0 Å². The Hall–Kier alpha value is -1.60. The number of rotatable bonds is 5. The van der Waals surface area contributed by atoms with E-state index in [-0.39, 0.29) is 12.4 Å². The second kappa shape index (κ2) is 6.23. The van der Waals surface area contributed by atoms with Gasteiger partial charge in [-0.05, 0) is 30.7 Å². The largest absolute Gasteiger partial charge is 0.486 e. The average molecular weight is 302 g/mol. The van der Waals surface area contributed by atoms with Gasteiger partial charge in [-0.2, -0.15) is 13.2 Å². The number of hydrogen-bond acceptors (Lipinski definition) is 4. The summed E-state index contributed by atoms with van der Waals surface area (Å²) in [5.74, 6) is -0.187. The van der Waals surface area contributed by atoms with Crippen molar-refractivity contribution in [3.8, 4) is 5.75 Å². The lowest BCUT2D eigenvalue weighted by atomic mass is 10.1. The molecule has 0 atom stereocenters. The van der Waals surface area contributed by atoms with E-state index in [0.29, 0.717) is 23.5 Å². The van der Waals surface area contributed by atoms with Gasteiger partial charge in [0.15, 0.2) is 0 Å². The van der Waals surface area contributed by atoms with Crippen molar-refractivity contribution < 1.29 is 17.9 Å². The molecule has 3 nitrogen and oxygen atoms in total. The van der Waals surface area contributed by atoms with E-state index in [1.165, 1.54) is 17.4 Å². The quantitative estimate of drug-likeness (QED) is 0.922. The van der Waals surface area contributed by atoms with Crippen LogP contribution in [-0.4, -0.2) is 11.5 Å². The van der Waals surface area contributed by atoms with Crippen LogP contribution >= 0.6 is 11.3 Å². The van der Waals surface area contributed by atoms with Crippen LogP contribution in [0.5, 0.6) is 5.75 Å². The summed E-state index contributed by atoms with van der Waals surface area (Å²) in [5.41, 5.74) is 5.13. The second-order valence-corrected chi connectivity index (χ2v) is 5.06. The van der Waals surface area contributed by atoms with Gasteiger partial charge in [-0.15, -0.1) is 11.3 Å². The van der Waals surface area contributed by atoms with E-state index in [1.807, 2.05) is 0 Å². The van der Waals surface area contributed by atoms with Crippen LogP contribution in [0.15, 0.2) is 29.8 Å². The third-order valence-electron chi connectivity index (χ3n) is 2.62. The third-order valence-corrected chi connectivity index (χ3v) is 3.37. The predicted octanol–water partition coefficient (Wildman–Crippen LogP) is 3.24. The number of aromatic nitrogens is 1. The molecule has 0 aliphatic heterocycles. The van der Waals surface area contributed by atoms with E-state index in [2.05, 4.69) is 4.98 Å². The van der Waals surface area contributed by atoms with Gasteiger partial charge in [0.1, 0.15) is 17.4 Å². The maximum absolute atomic E-state index is 13.0. The molecule has 20 heavy (non-hydrogen) atoms. The average Bonchev–Trinajstić information content (AvgIpc) is 2.89. The minimum atomic E-state index is -4.46. The lowest BCUT2D eigenvalue weighted by Gasteiger charge is -2.14. The molecule has 0 fully saturated rings. The highest BCUT2D eigenvalue weighted by atomic mass is 32.1. The highest BCUT2D eigenvalue weighted by Crippen LogP contribution is 2.37. The highest BCUT2D eigenvalue weighted by molar-refractivity contribution is 7.09. The van der Waals surface area contributed by atoms with Crippen LogP contribution < -0.4 is 10.5 Å². The van der Waals surface area contributed by atoms with E-state index < -0.39 is 11.7 Å². The molecule has 0 aliphatic carbocycles. The molecule has 0 unspecified atom stereocenters. The minimum absolute atomic E-state index is 0.0248. The maximum Gasteiger partial charge on any atom is 0.419 e. The summed E-state index contributed by atoms with van der Waals surface area (Å²) in [6.45, 7) is 0.327. The Bertz CT molecular complexity index is 555. The SMILES string of the molecule is NCCc1ccc(OCc2nccs2)c(C(F)(F)F)c1. The zero-order chi connectivity index (χ0) is 14.6. The molecule has 0 saturated heterocycles. The first-order valence-corrected chi connectivity index (χ1v) is 6.80. The number of benzene rings is 1. The molecule has 1 aromatic carbocycles. The molecular weight excluding hydrogens is 289 g/mol. The van der Waals surface area contributed by atoms with Gasteiger partial charge in [-0.1, -0.05) is 6.07 Å². The lowest BCUT2D eigenvalue weighted by molar-refractivity contribution is -0.139. The van der Waals surface area contributed by atoms with Crippen molar-refractivity contribution in [2.24, 2.45) is 5.73 Å². The summed E-state index contributed by atoms with van der Waals surface area (Å²) in [6.07, 6.45) is -2.48. The van der Waals surface area contributed by atoms with Crippen LogP contribution in [0.1, 0.15) is 16.1 Å². The van der Waals surface area contributed by atoms with Gasteiger partial charge in [-0.3, -0.25) is 0 Å². The molecule has 0 amide bonds. The summed E-state index contributed by atoms with van der Waals surface area (Å²) in [4.78, 5) is 3.97. The summed E-state index contributed by atoms with van der Waals surface area (Å²) < 4.78 is 44.3. The number of alkyl halides is 3. The van der Waals surface area contributed by atoms with E-state index in [4.69, 9.17) is 10.5 Å². The van der Waals surface area contributed by atoms with Crippen LogP contribution in [0.4, 0.5) is 13.2 Å². The van der Waals surface area contributed by atoms with Crippen LogP contribution in [0, 0.1) is 0 Å². The fourth-order valence-corrected chi connectivity index (χ4v) is 2.24. The molecule has 2 aromatic rings. The van der Waals surface area contributed by atoms with Gasteiger partial charge in [-0.25, -0.2) is 4.98 Å². The van der Waals surface area contributed by atoms with E-state index in [9.17, 15) is 13.2 Å². The molecule has 0 bridgehead atoms. The highest BCUT2D eigenvalue weighted by Gasteiger charge is 2.34. The molecule has 108 valence electrons. The second-order valence-electron chi connectivity index (χ2n) is 4.08. The van der Waals surface area contributed by atoms with Crippen molar-refractivity contribution in [1.29, 1.82) is 0 Å². The molecule has 0 spiro atoms.